The summed E-state index contributed by atoms with van der Waals surface area (Å²) < 4.78 is 38.0. The Labute approximate surface area is 146 Å². The highest BCUT2D eigenvalue weighted by Crippen LogP contribution is 2.29. The average Bonchev–Trinajstić information content (AvgIpc) is 2.54. The van der Waals surface area contributed by atoms with Gasteiger partial charge in [-0.25, -0.2) is 4.79 Å². The van der Waals surface area contributed by atoms with Crippen molar-refractivity contribution in [2.24, 2.45) is 0 Å². The number of carbonyl (C=O) groups is 1. The molecule has 2 rings (SSSR count). The van der Waals surface area contributed by atoms with E-state index in [4.69, 9.17) is 0 Å². The summed E-state index contributed by atoms with van der Waals surface area (Å²) in [6.07, 6.45) is -2.68. The van der Waals surface area contributed by atoms with E-state index in [0.717, 1.165) is 50.2 Å². The van der Waals surface area contributed by atoms with Gasteiger partial charge in [0.15, 0.2) is 0 Å². The fraction of sp³-hybridized carbons (Fsp3) is 0.500. The van der Waals surface area contributed by atoms with Crippen LogP contribution in [0, 0.1) is 0 Å². The maximum Gasteiger partial charge on any atom is 0.416 e. The van der Waals surface area contributed by atoms with E-state index >= 15 is 0 Å². The van der Waals surface area contributed by atoms with Crippen LogP contribution >= 0.6 is 0 Å². The molecular weight excluding hydrogens is 331 g/mol. The van der Waals surface area contributed by atoms with Crippen LogP contribution in [0.25, 0.3) is 0 Å². The number of rotatable bonds is 5. The Kier molecular flexibility index (Phi) is 6.47. The Morgan fingerprint density at radius 1 is 1.32 bits per heavy atom. The van der Waals surface area contributed by atoms with E-state index in [2.05, 4.69) is 22.1 Å². The first-order valence-electron chi connectivity index (χ1n) is 8.31. The molecule has 1 aromatic rings. The van der Waals surface area contributed by atoms with Gasteiger partial charge in [0.1, 0.15) is 0 Å². The number of urea groups is 1. The molecule has 138 valence electrons. The number of carbonyl (C=O) groups excluding carboxylic acids is 1. The topological polar surface area (TPSA) is 44.4 Å². The minimum atomic E-state index is -4.38. The van der Waals surface area contributed by atoms with Crippen LogP contribution in [0.1, 0.15) is 30.9 Å². The van der Waals surface area contributed by atoms with Gasteiger partial charge in [-0.1, -0.05) is 24.3 Å². The molecule has 0 atom stereocenters. The van der Waals surface area contributed by atoms with Crippen LogP contribution in [0.2, 0.25) is 0 Å². The van der Waals surface area contributed by atoms with Crippen molar-refractivity contribution in [1.82, 2.24) is 15.5 Å². The van der Waals surface area contributed by atoms with Gasteiger partial charge >= 0.3 is 12.2 Å². The second-order valence-corrected chi connectivity index (χ2v) is 6.53. The van der Waals surface area contributed by atoms with Crippen LogP contribution in [0.15, 0.2) is 36.4 Å². The molecule has 0 saturated carbocycles. The fourth-order valence-corrected chi connectivity index (χ4v) is 2.89. The zero-order valence-electron chi connectivity index (χ0n) is 14.3. The van der Waals surface area contributed by atoms with Crippen LogP contribution in [-0.2, 0) is 12.7 Å². The molecule has 0 unspecified atom stereocenters. The van der Waals surface area contributed by atoms with Crippen molar-refractivity contribution in [2.75, 3.05) is 19.6 Å². The maximum absolute atomic E-state index is 12.7. The van der Waals surface area contributed by atoms with E-state index in [1.807, 2.05) is 6.92 Å². The van der Waals surface area contributed by atoms with Gasteiger partial charge in [-0.15, -0.1) is 0 Å². The lowest BCUT2D eigenvalue weighted by molar-refractivity contribution is -0.137. The minimum absolute atomic E-state index is 0.0598. The van der Waals surface area contributed by atoms with Crippen molar-refractivity contribution in [3.8, 4) is 0 Å². The molecule has 1 aromatic carbocycles. The lowest BCUT2D eigenvalue weighted by Crippen LogP contribution is -2.47. The van der Waals surface area contributed by atoms with Gasteiger partial charge in [-0.05, 0) is 37.5 Å². The van der Waals surface area contributed by atoms with E-state index in [-0.39, 0.29) is 18.6 Å². The summed E-state index contributed by atoms with van der Waals surface area (Å²) in [7, 11) is 0. The summed E-state index contributed by atoms with van der Waals surface area (Å²) in [4.78, 5) is 14.2. The van der Waals surface area contributed by atoms with Gasteiger partial charge in [0, 0.05) is 32.2 Å². The van der Waals surface area contributed by atoms with Gasteiger partial charge in [0.05, 0.1) is 5.56 Å². The van der Waals surface area contributed by atoms with Crippen LogP contribution in [0.3, 0.4) is 0 Å². The zero-order valence-corrected chi connectivity index (χ0v) is 14.3. The molecule has 0 bridgehead atoms. The molecule has 0 radical (unpaired) electrons. The number of hydrogen-bond donors (Lipinski definition) is 2. The second-order valence-electron chi connectivity index (χ2n) is 6.53. The first-order chi connectivity index (χ1) is 11.7. The molecule has 2 N–H and O–H groups in total. The molecule has 25 heavy (non-hydrogen) atoms. The fourth-order valence-electron chi connectivity index (χ4n) is 2.89. The number of halogens is 3. The third kappa shape index (κ3) is 6.42. The predicted octanol–water partition coefficient (Wildman–Crippen LogP) is 3.55. The standard InChI is InChI=1S/C18H24F3N3O/c1-13(2)12-24-8-6-16(7-9-24)23-17(25)22-11-14-4-3-5-15(10-14)18(19,20)21/h3-5,10,16H,1,6-9,11-12H2,2H3,(H2,22,23,25). The number of nitrogens with zero attached hydrogens (tertiary/aromatic N) is 1. The Morgan fingerprint density at radius 2 is 2.00 bits per heavy atom. The monoisotopic (exact) mass is 355 g/mol. The van der Waals surface area contributed by atoms with Crippen molar-refractivity contribution >= 4 is 6.03 Å². The molecule has 0 aromatic heterocycles. The largest absolute Gasteiger partial charge is 0.416 e. The molecule has 0 aliphatic carbocycles. The number of likely N-dealkylation sites (tertiary alicyclic amines) is 1. The molecule has 1 heterocycles. The van der Waals surface area contributed by atoms with E-state index in [0.29, 0.717) is 5.56 Å². The summed E-state index contributed by atoms with van der Waals surface area (Å²) in [5, 5.41) is 5.51. The molecule has 1 fully saturated rings. The highest BCUT2D eigenvalue weighted by molar-refractivity contribution is 5.74. The molecule has 0 spiro atoms. The Bertz CT molecular complexity index is 608. The predicted molar refractivity (Wildman–Crippen MR) is 91.1 cm³/mol. The number of piperidine rings is 1. The summed E-state index contributed by atoms with van der Waals surface area (Å²) in [6, 6.07) is 4.71. The highest BCUT2D eigenvalue weighted by atomic mass is 19.4. The lowest BCUT2D eigenvalue weighted by Gasteiger charge is -2.32. The Morgan fingerprint density at radius 3 is 2.60 bits per heavy atom. The van der Waals surface area contributed by atoms with Crippen LogP contribution in [0.4, 0.5) is 18.0 Å². The van der Waals surface area contributed by atoms with Crippen LogP contribution in [-0.4, -0.2) is 36.6 Å². The van der Waals surface area contributed by atoms with E-state index in [1.165, 1.54) is 6.07 Å². The van der Waals surface area contributed by atoms with E-state index in [9.17, 15) is 18.0 Å². The molecule has 1 aliphatic rings. The first kappa shape index (κ1) is 19.3. The minimum Gasteiger partial charge on any atom is -0.335 e. The quantitative estimate of drug-likeness (QED) is 0.794. The Hall–Kier alpha value is -2.02. The van der Waals surface area contributed by atoms with Crippen LogP contribution < -0.4 is 10.6 Å². The highest BCUT2D eigenvalue weighted by Gasteiger charge is 2.30. The molecule has 4 nitrogen and oxygen atoms in total. The van der Waals surface area contributed by atoms with Gasteiger partial charge < -0.3 is 10.6 Å². The smallest absolute Gasteiger partial charge is 0.335 e. The van der Waals surface area contributed by atoms with Gasteiger partial charge in [-0.3, -0.25) is 4.90 Å². The number of nitrogens with one attached hydrogen (secondary N) is 2. The molecule has 7 heteroatoms. The van der Waals surface area contributed by atoms with Crippen molar-refractivity contribution in [2.45, 2.75) is 38.5 Å². The van der Waals surface area contributed by atoms with Crippen molar-refractivity contribution in [3.63, 3.8) is 0 Å². The van der Waals surface area contributed by atoms with Crippen molar-refractivity contribution < 1.29 is 18.0 Å². The summed E-state index contributed by atoms with van der Waals surface area (Å²) >= 11 is 0. The normalized spacial score (nSPS) is 16.5. The third-order valence-electron chi connectivity index (χ3n) is 4.12. The first-order valence-corrected chi connectivity index (χ1v) is 8.31. The molecule has 2 amide bonds. The summed E-state index contributed by atoms with van der Waals surface area (Å²) in [5.74, 6) is 0. The van der Waals surface area contributed by atoms with Crippen LogP contribution in [0.5, 0.6) is 0 Å². The number of hydrogen-bond acceptors (Lipinski definition) is 2. The Balaban J connectivity index is 1.75. The average molecular weight is 355 g/mol. The SMILES string of the molecule is C=C(C)CN1CCC(NC(=O)NCc2cccc(C(F)(F)F)c2)CC1. The molecule has 1 saturated heterocycles. The van der Waals surface area contributed by atoms with Gasteiger partial charge in [0.25, 0.3) is 0 Å². The molecular formula is C18H24F3N3O. The summed E-state index contributed by atoms with van der Waals surface area (Å²) in [5.41, 5.74) is 0.823. The van der Waals surface area contributed by atoms with E-state index in [1.54, 1.807) is 6.07 Å². The van der Waals surface area contributed by atoms with E-state index < -0.39 is 11.7 Å². The molecule has 1 aliphatic heterocycles. The second kappa shape index (κ2) is 8.38. The van der Waals surface area contributed by atoms with Crippen molar-refractivity contribution in [1.29, 1.82) is 0 Å². The lowest BCUT2D eigenvalue weighted by atomic mass is 10.0. The number of amides is 2. The third-order valence-corrected chi connectivity index (χ3v) is 4.12. The number of alkyl halides is 3. The maximum atomic E-state index is 12.7. The number of benzene rings is 1. The zero-order chi connectivity index (χ0) is 18.4. The van der Waals surface area contributed by atoms with Gasteiger partial charge in [-0.2, -0.15) is 13.2 Å². The summed E-state index contributed by atoms with van der Waals surface area (Å²) in [6.45, 7) is 8.61. The van der Waals surface area contributed by atoms with Crippen molar-refractivity contribution in [3.05, 3.63) is 47.5 Å². The van der Waals surface area contributed by atoms with Gasteiger partial charge in [0.2, 0.25) is 0 Å².